The highest BCUT2D eigenvalue weighted by molar-refractivity contribution is 5.96. The second-order valence-corrected chi connectivity index (χ2v) is 7.99. The summed E-state index contributed by atoms with van der Waals surface area (Å²) in [6.45, 7) is 3.99. The zero-order valence-corrected chi connectivity index (χ0v) is 16.4. The van der Waals surface area contributed by atoms with Crippen molar-refractivity contribution in [3.05, 3.63) is 47.8 Å². The maximum absolute atomic E-state index is 13.4. The summed E-state index contributed by atoms with van der Waals surface area (Å²) in [5.41, 5.74) is 1.66. The molecule has 7 heteroatoms. The van der Waals surface area contributed by atoms with Gasteiger partial charge in [0.25, 0.3) is 5.91 Å². The van der Waals surface area contributed by atoms with E-state index in [2.05, 4.69) is 27.5 Å². The number of likely N-dealkylation sites (tertiary alicyclic amines) is 2. The third-order valence-electron chi connectivity index (χ3n) is 6.28. The molecule has 0 unspecified atom stereocenters. The van der Waals surface area contributed by atoms with Crippen molar-refractivity contribution in [2.24, 2.45) is 5.41 Å². The molecule has 0 saturated carbocycles. The molecule has 0 radical (unpaired) electrons. The predicted octanol–water partition coefficient (Wildman–Crippen LogP) is 2.28. The number of nitrogens with zero attached hydrogens (tertiary/aromatic N) is 3. The Bertz CT molecular complexity index is 865. The molecule has 7 nitrogen and oxygen atoms in total. The van der Waals surface area contributed by atoms with Crippen LogP contribution in [-0.4, -0.2) is 64.5 Å². The Morgan fingerprint density at radius 1 is 1.18 bits per heavy atom. The molecule has 2 aromatic rings. The van der Waals surface area contributed by atoms with Crippen LogP contribution in [0.15, 0.2) is 36.4 Å². The Labute approximate surface area is 165 Å². The van der Waals surface area contributed by atoms with Gasteiger partial charge in [-0.2, -0.15) is 5.10 Å². The van der Waals surface area contributed by atoms with E-state index >= 15 is 0 Å². The van der Waals surface area contributed by atoms with E-state index in [1.807, 2.05) is 42.2 Å². The first-order valence-electron chi connectivity index (χ1n) is 9.88. The lowest BCUT2D eigenvalue weighted by molar-refractivity contribution is -0.127. The van der Waals surface area contributed by atoms with Crippen molar-refractivity contribution in [3.63, 3.8) is 0 Å². The van der Waals surface area contributed by atoms with Crippen LogP contribution in [0.3, 0.4) is 0 Å². The fourth-order valence-electron chi connectivity index (χ4n) is 4.68. The van der Waals surface area contributed by atoms with Gasteiger partial charge in [-0.25, -0.2) is 0 Å². The van der Waals surface area contributed by atoms with Crippen LogP contribution in [0.4, 0.5) is 5.69 Å². The predicted molar refractivity (Wildman–Crippen MR) is 107 cm³/mol. The minimum atomic E-state index is -0.471. The Hall–Kier alpha value is -2.67. The topological polar surface area (TPSA) is 81.3 Å². The SMILES string of the molecule is Cc1cc(C(=O)N2CC[C@H]3N(C)CC[C@@]3(C(=O)Nc3ccccc3)CC2)n[nH]1. The molecular formula is C21H27N5O2. The number of aromatic amines is 1. The zero-order chi connectivity index (χ0) is 19.7. The molecule has 3 heterocycles. The number of rotatable bonds is 3. The van der Waals surface area contributed by atoms with E-state index < -0.39 is 5.41 Å². The highest BCUT2D eigenvalue weighted by atomic mass is 16.2. The highest BCUT2D eigenvalue weighted by Crippen LogP contribution is 2.44. The van der Waals surface area contributed by atoms with E-state index in [1.54, 1.807) is 6.07 Å². The number of H-pyrrole nitrogens is 1. The monoisotopic (exact) mass is 381 g/mol. The van der Waals surface area contributed by atoms with Crippen LogP contribution in [0.25, 0.3) is 0 Å². The second-order valence-electron chi connectivity index (χ2n) is 7.99. The Morgan fingerprint density at radius 3 is 2.64 bits per heavy atom. The van der Waals surface area contributed by atoms with E-state index in [4.69, 9.17) is 0 Å². The summed E-state index contributed by atoms with van der Waals surface area (Å²) in [5.74, 6) is 0.00329. The number of carbonyl (C=O) groups excluding carboxylic acids is 2. The molecule has 2 aliphatic heterocycles. The lowest BCUT2D eigenvalue weighted by Crippen LogP contribution is -2.46. The summed E-state index contributed by atoms with van der Waals surface area (Å²) >= 11 is 0. The van der Waals surface area contributed by atoms with Crippen LogP contribution in [-0.2, 0) is 4.79 Å². The van der Waals surface area contributed by atoms with Crippen molar-refractivity contribution in [1.29, 1.82) is 0 Å². The summed E-state index contributed by atoms with van der Waals surface area (Å²) < 4.78 is 0. The normalized spacial score (nSPS) is 25.2. The molecule has 28 heavy (non-hydrogen) atoms. The standard InChI is InChI=1S/C21H27N5O2/c1-15-14-17(24-23-15)19(27)26-11-8-18-21(10-13-26,9-12-25(18)2)20(28)22-16-6-4-3-5-7-16/h3-7,14,18H,8-13H2,1-2H3,(H,22,28)(H,23,24)/t18-,21-/m1/s1. The first-order valence-corrected chi connectivity index (χ1v) is 9.88. The van der Waals surface area contributed by atoms with E-state index in [0.29, 0.717) is 25.2 Å². The molecule has 2 atom stereocenters. The molecule has 148 valence electrons. The average molecular weight is 381 g/mol. The molecule has 2 N–H and O–H groups in total. The largest absolute Gasteiger partial charge is 0.337 e. The van der Waals surface area contributed by atoms with Crippen molar-refractivity contribution >= 4 is 17.5 Å². The molecule has 2 amide bonds. The van der Waals surface area contributed by atoms with Crippen molar-refractivity contribution in [2.75, 3.05) is 32.0 Å². The van der Waals surface area contributed by atoms with Gasteiger partial charge in [-0.3, -0.25) is 14.7 Å². The number of fused-ring (bicyclic) bond motifs is 1. The van der Waals surface area contributed by atoms with E-state index in [1.165, 1.54) is 0 Å². The van der Waals surface area contributed by atoms with E-state index in [-0.39, 0.29) is 17.9 Å². The summed E-state index contributed by atoms with van der Waals surface area (Å²) in [6.07, 6.45) is 2.26. The number of benzene rings is 1. The van der Waals surface area contributed by atoms with Crippen LogP contribution >= 0.6 is 0 Å². The Morgan fingerprint density at radius 2 is 1.93 bits per heavy atom. The lowest BCUT2D eigenvalue weighted by Gasteiger charge is -2.34. The number of carbonyl (C=O) groups is 2. The fraction of sp³-hybridized carbons (Fsp3) is 0.476. The number of anilines is 1. The molecule has 2 fully saturated rings. The highest BCUT2D eigenvalue weighted by Gasteiger charge is 2.52. The first-order chi connectivity index (χ1) is 13.5. The maximum atomic E-state index is 13.4. The third kappa shape index (κ3) is 3.30. The molecule has 0 bridgehead atoms. The minimum Gasteiger partial charge on any atom is -0.337 e. The van der Waals surface area contributed by atoms with Gasteiger partial charge in [0.2, 0.25) is 5.91 Å². The van der Waals surface area contributed by atoms with Gasteiger partial charge in [0.15, 0.2) is 0 Å². The van der Waals surface area contributed by atoms with Gasteiger partial charge >= 0.3 is 0 Å². The van der Waals surface area contributed by atoms with E-state index in [9.17, 15) is 9.59 Å². The molecule has 2 saturated heterocycles. The molecule has 1 aromatic carbocycles. The van der Waals surface area contributed by atoms with Crippen LogP contribution in [0.1, 0.15) is 35.4 Å². The number of hydrogen-bond donors (Lipinski definition) is 2. The number of para-hydroxylation sites is 1. The smallest absolute Gasteiger partial charge is 0.274 e. The lowest BCUT2D eigenvalue weighted by atomic mass is 9.75. The first kappa shape index (κ1) is 18.7. The Kier molecular flexibility index (Phi) is 4.93. The van der Waals surface area contributed by atoms with Gasteiger partial charge in [0.1, 0.15) is 5.69 Å². The third-order valence-corrected chi connectivity index (χ3v) is 6.28. The van der Waals surface area contributed by atoms with Gasteiger partial charge in [-0.1, -0.05) is 18.2 Å². The average Bonchev–Trinajstić information content (AvgIpc) is 3.20. The van der Waals surface area contributed by atoms with Crippen LogP contribution < -0.4 is 5.32 Å². The summed E-state index contributed by atoms with van der Waals surface area (Å²) in [4.78, 5) is 30.3. The van der Waals surface area contributed by atoms with Crippen LogP contribution in [0.2, 0.25) is 0 Å². The van der Waals surface area contributed by atoms with Crippen molar-refractivity contribution in [2.45, 2.75) is 32.2 Å². The number of nitrogens with one attached hydrogen (secondary N) is 2. The van der Waals surface area contributed by atoms with Crippen molar-refractivity contribution in [3.8, 4) is 0 Å². The summed E-state index contributed by atoms with van der Waals surface area (Å²) in [6, 6.07) is 11.5. The summed E-state index contributed by atoms with van der Waals surface area (Å²) in [7, 11) is 2.08. The summed E-state index contributed by atoms with van der Waals surface area (Å²) in [5, 5.41) is 10.1. The molecule has 4 rings (SSSR count). The fourth-order valence-corrected chi connectivity index (χ4v) is 4.68. The van der Waals surface area contributed by atoms with Gasteiger partial charge < -0.3 is 15.1 Å². The van der Waals surface area contributed by atoms with Crippen LogP contribution in [0.5, 0.6) is 0 Å². The van der Waals surface area contributed by atoms with Crippen molar-refractivity contribution < 1.29 is 9.59 Å². The second kappa shape index (κ2) is 7.39. The molecular weight excluding hydrogens is 354 g/mol. The minimum absolute atomic E-state index is 0.0643. The van der Waals surface area contributed by atoms with Gasteiger partial charge in [-0.15, -0.1) is 0 Å². The molecule has 0 spiro atoms. The van der Waals surface area contributed by atoms with Gasteiger partial charge in [0, 0.05) is 30.5 Å². The van der Waals surface area contributed by atoms with Gasteiger partial charge in [0.05, 0.1) is 5.41 Å². The molecule has 1 aromatic heterocycles. The number of amides is 2. The number of hydrogen-bond acceptors (Lipinski definition) is 4. The Balaban J connectivity index is 1.54. The number of aromatic nitrogens is 2. The molecule has 2 aliphatic rings. The van der Waals surface area contributed by atoms with Crippen molar-refractivity contribution in [1.82, 2.24) is 20.0 Å². The maximum Gasteiger partial charge on any atom is 0.274 e. The zero-order valence-electron chi connectivity index (χ0n) is 16.4. The van der Waals surface area contributed by atoms with Gasteiger partial charge in [-0.05, 0) is 58.0 Å². The quantitative estimate of drug-likeness (QED) is 0.855. The van der Waals surface area contributed by atoms with Crippen LogP contribution in [0, 0.1) is 12.3 Å². The number of aryl methyl sites for hydroxylation is 1. The van der Waals surface area contributed by atoms with E-state index in [0.717, 1.165) is 30.8 Å². The molecule has 0 aliphatic carbocycles.